The quantitative estimate of drug-likeness (QED) is 0.616. The molecule has 1 aromatic carbocycles. The fourth-order valence-electron chi connectivity index (χ4n) is 1.28. The van der Waals surface area contributed by atoms with E-state index in [2.05, 4.69) is 11.3 Å². The van der Waals surface area contributed by atoms with Crippen molar-refractivity contribution in [3.63, 3.8) is 0 Å². The predicted octanol–water partition coefficient (Wildman–Crippen LogP) is 1.42. The first kappa shape index (κ1) is 13.6. The maximum atomic E-state index is 11.9. The Kier molecular flexibility index (Phi) is 4.60. The highest BCUT2D eigenvalue weighted by molar-refractivity contribution is 7.89. The molecule has 0 radical (unpaired) electrons. The largest absolute Gasteiger partial charge is 0.303 e. The summed E-state index contributed by atoms with van der Waals surface area (Å²) in [6.07, 6.45) is 2.14. The number of aldehydes is 1. The Morgan fingerprint density at radius 2 is 1.94 bits per heavy atom. The van der Waals surface area contributed by atoms with Crippen LogP contribution in [0.5, 0.6) is 0 Å². The van der Waals surface area contributed by atoms with Crippen molar-refractivity contribution in [2.45, 2.75) is 24.3 Å². The zero-order valence-electron chi connectivity index (χ0n) is 9.59. The highest BCUT2D eigenvalue weighted by Crippen LogP contribution is 2.11. The summed E-state index contributed by atoms with van der Waals surface area (Å²) in [5.74, 6) is 0. The minimum atomic E-state index is -3.59. The third kappa shape index (κ3) is 3.80. The van der Waals surface area contributed by atoms with E-state index < -0.39 is 16.1 Å². The normalized spacial score (nSPS) is 13.0. The van der Waals surface area contributed by atoms with Crippen LogP contribution in [0.4, 0.5) is 0 Å². The maximum absolute atomic E-state index is 11.9. The summed E-state index contributed by atoms with van der Waals surface area (Å²) in [7, 11) is -3.59. The van der Waals surface area contributed by atoms with Gasteiger partial charge in [0, 0.05) is 12.5 Å². The molecule has 0 unspecified atom stereocenters. The van der Waals surface area contributed by atoms with Crippen LogP contribution in [-0.4, -0.2) is 20.7 Å². The van der Waals surface area contributed by atoms with E-state index in [1.807, 2.05) is 6.92 Å². The number of carbonyl (C=O) groups is 1. The van der Waals surface area contributed by atoms with Gasteiger partial charge < -0.3 is 4.79 Å². The average molecular weight is 253 g/mol. The Labute approximate surface area is 101 Å². The van der Waals surface area contributed by atoms with Crippen molar-refractivity contribution in [1.29, 1.82) is 0 Å². The third-order valence-electron chi connectivity index (χ3n) is 2.27. The summed E-state index contributed by atoms with van der Waals surface area (Å²) in [6, 6.07) is 5.92. The lowest BCUT2D eigenvalue weighted by Crippen LogP contribution is -2.33. The Hall–Kier alpha value is -1.46. The number of hydrogen-bond donors (Lipinski definition) is 1. The second-order valence-electron chi connectivity index (χ2n) is 3.68. The minimum absolute atomic E-state index is 0.0780. The lowest BCUT2D eigenvalue weighted by Gasteiger charge is -2.12. The SMILES string of the molecule is C=C[C@H](CC=O)NS(=O)(=O)c1ccc(C)cc1. The fourth-order valence-corrected chi connectivity index (χ4v) is 2.50. The Morgan fingerprint density at radius 1 is 1.35 bits per heavy atom. The molecule has 5 heteroatoms. The lowest BCUT2D eigenvalue weighted by atomic mass is 10.2. The van der Waals surface area contributed by atoms with Crippen LogP contribution in [0.3, 0.4) is 0 Å². The van der Waals surface area contributed by atoms with E-state index in [9.17, 15) is 13.2 Å². The van der Waals surface area contributed by atoms with E-state index in [0.29, 0.717) is 6.29 Å². The van der Waals surface area contributed by atoms with Gasteiger partial charge in [0.25, 0.3) is 0 Å². The second-order valence-corrected chi connectivity index (χ2v) is 5.39. The molecule has 1 N–H and O–H groups in total. The maximum Gasteiger partial charge on any atom is 0.241 e. The first-order chi connectivity index (χ1) is 7.99. The molecular formula is C12H15NO3S. The number of sulfonamides is 1. The molecule has 0 saturated heterocycles. The van der Waals surface area contributed by atoms with Gasteiger partial charge in [0.15, 0.2) is 0 Å². The molecule has 0 amide bonds. The Morgan fingerprint density at radius 3 is 2.41 bits per heavy atom. The number of rotatable bonds is 6. The van der Waals surface area contributed by atoms with Gasteiger partial charge in [-0.1, -0.05) is 23.8 Å². The molecule has 17 heavy (non-hydrogen) atoms. The Balaban J connectivity index is 2.91. The number of benzene rings is 1. The van der Waals surface area contributed by atoms with Crippen molar-refractivity contribution < 1.29 is 13.2 Å². The van der Waals surface area contributed by atoms with Crippen molar-refractivity contribution in [2.75, 3.05) is 0 Å². The topological polar surface area (TPSA) is 63.2 Å². The lowest BCUT2D eigenvalue weighted by molar-refractivity contribution is -0.108. The van der Waals surface area contributed by atoms with Crippen molar-refractivity contribution in [3.8, 4) is 0 Å². The van der Waals surface area contributed by atoms with Crippen LogP contribution in [0.25, 0.3) is 0 Å². The van der Waals surface area contributed by atoms with Gasteiger partial charge in [0.05, 0.1) is 4.90 Å². The molecule has 1 aromatic rings. The van der Waals surface area contributed by atoms with E-state index >= 15 is 0 Å². The van der Waals surface area contributed by atoms with Crippen molar-refractivity contribution in [2.24, 2.45) is 0 Å². The van der Waals surface area contributed by atoms with Gasteiger partial charge in [0.1, 0.15) is 6.29 Å². The first-order valence-corrected chi connectivity index (χ1v) is 6.63. The molecule has 0 aliphatic rings. The van der Waals surface area contributed by atoms with Gasteiger partial charge in [-0.25, -0.2) is 13.1 Å². The van der Waals surface area contributed by atoms with E-state index in [0.717, 1.165) is 5.56 Å². The minimum Gasteiger partial charge on any atom is -0.303 e. The summed E-state index contributed by atoms with van der Waals surface area (Å²) in [6.45, 7) is 5.36. The van der Waals surface area contributed by atoms with Crippen LogP contribution in [0, 0.1) is 6.92 Å². The molecule has 0 fully saturated rings. The van der Waals surface area contributed by atoms with Crippen molar-refractivity contribution in [3.05, 3.63) is 42.5 Å². The predicted molar refractivity (Wildman–Crippen MR) is 66.2 cm³/mol. The Bertz CT molecular complexity index is 491. The van der Waals surface area contributed by atoms with Gasteiger partial charge in [-0.15, -0.1) is 6.58 Å². The summed E-state index contributed by atoms with van der Waals surface area (Å²) < 4.78 is 26.2. The van der Waals surface area contributed by atoms with Crippen LogP contribution in [0.1, 0.15) is 12.0 Å². The molecule has 0 bridgehead atoms. The van der Waals surface area contributed by atoms with Gasteiger partial charge in [-0.05, 0) is 19.1 Å². The number of nitrogens with one attached hydrogen (secondary N) is 1. The van der Waals surface area contributed by atoms with Gasteiger partial charge >= 0.3 is 0 Å². The third-order valence-corrected chi connectivity index (χ3v) is 3.78. The van der Waals surface area contributed by atoms with Gasteiger partial charge in [0.2, 0.25) is 10.0 Å². The summed E-state index contributed by atoms with van der Waals surface area (Å²) >= 11 is 0. The number of aryl methyl sites for hydroxylation is 1. The summed E-state index contributed by atoms with van der Waals surface area (Å²) in [4.78, 5) is 10.5. The molecule has 0 aromatic heterocycles. The monoisotopic (exact) mass is 253 g/mol. The molecule has 0 aliphatic heterocycles. The zero-order valence-corrected chi connectivity index (χ0v) is 10.4. The molecule has 0 aliphatic carbocycles. The molecule has 0 heterocycles. The van der Waals surface area contributed by atoms with Crippen LogP contribution in [0.15, 0.2) is 41.8 Å². The van der Waals surface area contributed by atoms with Crippen LogP contribution >= 0.6 is 0 Å². The van der Waals surface area contributed by atoms with Crippen LogP contribution in [0.2, 0.25) is 0 Å². The molecule has 1 rings (SSSR count). The molecular weight excluding hydrogens is 238 g/mol. The fraction of sp³-hybridized carbons (Fsp3) is 0.250. The molecule has 0 spiro atoms. The van der Waals surface area contributed by atoms with E-state index in [1.165, 1.54) is 18.2 Å². The molecule has 92 valence electrons. The first-order valence-electron chi connectivity index (χ1n) is 5.15. The van der Waals surface area contributed by atoms with E-state index in [4.69, 9.17) is 0 Å². The zero-order chi connectivity index (χ0) is 12.9. The number of hydrogen-bond acceptors (Lipinski definition) is 3. The van der Waals surface area contributed by atoms with Crippen LogP contribution < -0.4 is 4.72 Å². The van der Waals surface area contributed by atoms with E-state index in [1.54, 1.807) is 12.1 Å². The summed E-state index contributed by atoms with van der Waals surface area (Å²) in [5.41, 5.74) is 0.983. The molecule has 4 nitrogen and oxygen atoms in total. The van der Waals surface area contributed by atoms with Crippen molar-refractivity contribution in [1.82, 2.24) is 4.72 Å². The van der Waals surface area contributed by atoms with Gasteiger partial charge in [-0.3, -0.25) is 0 Å². The van der Waals surface area contributed by atoms with Crippen molar-refractivity contribution >= 4 is 16.3 Å². The summed E-state index contributed by atoms with van der Waals surface area (Å²) in [5, 5.41) is 0. The van der Waals surface area contributed by atoms with Crippen LogP contribution in [-0.2, 0) is 14.8 Å². The van der Waals surface area contributed by atoms with Gasteiger partial charge in [-0.2, -0.15) is 0 Å². The average Bonchev–Trinajstić information content (AvgIpc) is 2.28. The standard InChI is InChI=1S/C12H15NO3S/c1-3-11(8-9-14)13-17(15,16)12-6-4-10(2)5-7-12/h3-7,9,11,13H,1,8H2,2H3/t11-/m1/s1. The molecule has 1 atom stereocenters. The molecule has 0 saturated carbocycles. The number of carbonyl (C=O) groups excluding carboxylic acids is 1. The van der Waals surface area contributed by atoms with E-state index in [-0.39, 0.29) is 11.3 Å². The highest BCUT2D eigenvalue weighted by Gasteiger charge is 2.17. The smallest absolute Gasteiger partial charge is 0.241 e. The highest BCUT2D eigenvalue weighted by atomic mass is 32.2. The second kappa shape index (κ2) is 5.75.